The number of nitrogens with one attached hydrogen (secondary N) is 2. The Morgan fingerprint density at radius 1 is 1.24 bits per heavy atom. The lowest BCUT2D eigenvalue weighted by atomic mass is 9.62. The molecule has 1 atom stereocenters. The number of carbonyl (C=O) groups is 1. The lowest BCUT2D eigenvalue weighted by Gasteiger charge is -2.47. The van der Waals surface area contributed by atoms with E-state index in [1.807, 2.05) is 12.1 Å². The Kier molecular flexibility index (Phi) is 5.12. The van der Waals surface area contributed by atoms with E-state index in [9.17, 15) is 4.79 Å². The van der Waals surface area contributed by atoms with Crippen LogP contribution in [0.3, 0.4) is 0 Å². The summed E-state index contributed by atoms with van der Waals surface area (Å²) in [5.74, 6) is 1.48. The zero-order valence-corrected chi connectivity index (χ0v) is 13.2. The standard InChI is InChI=1S/C16H22N2O2.ClH/c1-20-14-5-3-2-4-12(14)13-11-18-15(19)10-16(13)6-8-17-9-7-16;/h2-5,13,17H,6-11H2,1H3,(H,18,19);1H. The molecule has 3 rings (SSSR count). The number of rotatable bonds is 2. The van der Waals surface area contributed by atoms with Crippen molar-refractivity contribution < 1.29 is 9.53 Å². The molecule has 1 amide bonds. The van der Waals surface area contributed by atoms with E-state index < -0.39 is 0 Å². The molecule has 0 radical (unpaired) electrons. The fraction of sp³-hybridized carbons (Fsp3) is 0.562. The van der Waals surface area contributed by atoms with E-state index >= 15 is 0 Å². The molecule has 1 unspecified atom stereocenters. The van der Waals surface area contributed by atoms with Crippen molar-refractivity contribution in [3.05, 3.63) is 29.8 Å². The van der Waals surface area contributed by atoms with Gasteiger partial charge in [0.25, 0.3) is 0 Å². The molecule has 0 aromatic heterocycles. The molecule has 0 bridgehead atoms. The molecule has 1 aromatic carbocycles. The average Bonchev–Trinajstić information content (AvgIpc) is 2.48. The number of methoxy groups -OCH3 is 1. The fourth-order valence-corrected chi connectivity index (χ4v) is 3.78. The van der Waals surface area contributed by atoms with Crippen LogP contribution in [-0.2, 0) is 4.79 Å². The maximum Gasteiger partial charge on any atom is 0.220 e. The zero-order chi connectivity index (χ0) is 14.0. The van der Waals surface area contributed by atoms with Crippen LogP contribution >= 0.6 is 12.4 Å². The average molecular weight is 311 g/mol. The quantitative estimate of drug-likeness (QED) is 0.879. The van der Waals surface area contributed by atoms with Gasteiger partial charge in [-0.15, -0.1) is 12.4 Å². The van der Waals surface area contributed by atoms with Gasteiger partial charge in [0.2, 0.25) is 5.91 Å². The smallest absolute Gasteiger partial charge is 0.220 e. The summed E-state index contributed by atoms with van der Waals surface area (Å²) >= 11 is 0. The molecule has 2 N–H and O–H groups in total. The van der Waals surface area contributed by atoms with E-state index in [0.29, 0.717) is 12.3 Å². The van der Waals surface area contributed by atoms with E-state index in [4.69, 9.17) is 4.74 Å². The molecule has 116 valence electrons. The van der Waals surface area contributed by atoms with E-state index in [-0.39, 0.29) is 23.7 Å². The first-order valence-corrected chi connectivity index (χ1v) is 7.35. The summed E-state index contributed by atoms with van der Waals surface area (Å²) < 4.78 is 5.53. The van der Waals surface area contributed by atoms with Gasteiger partial charge in [-0.05, 0) is 43.0 Å². The van der Waals surface area contributed by atoms with Gasteiger partial charge in [0.15, 0.2) is 0 Å². The van der Waals surface area contributed by atoms with Gasteiger partial charge in [-0.2, -0.15) is 0 Å². The molecule has 0 aliphatic carbocycles. The van der Waals surface area contributed by atoms with Crippen molar-refractivity contribution in [3.8, 4) is 5.75 Å². The number of amides is 1. The number of halogens is 1. The number of ether oxygens (including phenoxy) is 1. The van der Waals surface area contributed by atoms with Gasteiger partial charge >= 0.3 is 0 Å². The van der Waals surface area contributed by atoms with Crippen LogP contribution in [0.1, 0.15) is 30.7 Å². The normalized spacial score (nSPS) is 24.0. The van der Waals surface area contributed by atoms with E-state index in [1.165, 1.54) is 5.56 Å². The molecule has 2 fully saturated rings. The number of para-hydroxylation sites is 1. The highest BCUT2D eigenvalue weighted by atomic mass is 35.5. The van der Waals surface area contributed by atoms with Crippen LogP contribution in [0.25, 0.3) is 0 Å². The second-order valence-corrected chi connectivity index (χ2v) is 5.89. The maximum absolute atomic E-state index is 11.9. The van der Waals surface area contributed by atoms with Crippen LogP contribution in [0, 0.1) is 5.41 Å². The van der Waals surface area contributed by atoms with Crippen molar-refractivity contribution in [2.45, 2.75) is 25.2 Å². The molecule has 1 aromatic rings. The summed E-state index contributed by atoms with van der Waals surface area (Å²) in [6.07, 6.45) is 2.75. The molecular formula is C16H23ClN2O2. The van der Waals surface area contributed by atoms with Crippen LogP contribution in [0.5, 0.6) is 5.75 Å². The fourth-order valence-electron chi connectivity index (χ4n) is 3.78. The molecule has 0 saturated carbocycles. The lowest BCUT2D eigenvalue weighted by molar-refractivity contribution is -0.127. The zero-order valence-electron chi connectivity index (χ0n) is 12.4. The molecule has 2 aliphatic rings. The minimum absolute atomic E-state index is 0. The first-order chi connectivity index (χ1) is 9.75. The van der Waals surface area contributed by atoms with Crippen molar-refractivity contribution in [1.82, 2.24) is 10.6 Å². The second-order valence-electron chi connectivity index (χ2n) is 5.89. The minimum atomic E-state index is 0. The largest absolute Gasteiger partial charge is 0.496 e. The third kappa shape index (κ3) is 3.01. The molecule has 5 heteroatoms. The van der Waals surface area contributed by atoms with Gasteiger partial charge in [0, 0.05) is 18.9 Å². The molecule has 1 spiro atoms. The summed E-state index contributed by atoms with van der Waals surface area (Å²) in [5.41, 5.74) is 1.32. The molecular weight excluding hydrogens is 288 g/mol. The van der Waals surface area contributed by atoms with Crippen molar-refractivity contribution in [2.75, 3.05) is 26.7 Å². The Labute approximate surface area is 132 Å². The van der Waals surface area contributed by atoms with Gasteiger partial charge in [-0.1, -0.05) is 18.2 Å². The first kappa shape index (κ1) is 16.1. The molecule has 2 saturated heterocycles. The molecule has 4 nitrogen and oxygen atoms in total. The molecule has 2 aliphatic heterocycles. The monoisotopic (exact) mass is 310 g/mol. The Hall–Kier alpha value is -1.26. The third-order valence-electron chi connectivity index (χ3n) is 4.87. The Morgan fingerprint density at radius 2 is 1.95 bits per heavy atom. The van der Waals surface area contributed by atoms with Crippen LogP contribution in [0.4, 0.5) is 0 Å². The lowest BCUT2D eigenvalue weighted by Crippen LogP contribution is -2.51. The van der Waals surface area contributed by atoms with Gasteiger partial charge in [0.05, 0.1) is 7.11 Å². The van der Waals surface area contributed by atoms with E-state index in [0.717, 1.165) is 38.2 Å². The highest BCUT2D eigenvalue weighted by Gasteiger charge is 2.45. The molecule has 2 heterocycles. The Morgan fingerprint density at radius 3 is 2.67 bits per heavy atom. The number of carbonyl (C=O) groups excluding carboxylic acids is 1. The summed E-state index contributed by atoms with van der Waals surface area (Å²) in [4.78, 5) is 11.9. The predicted molar refractivity (Wildman–Crippen MR) is 85.1 cm³/mol. The van der Waals surface area contributed by atoms with Gasteiger partial charge in [-0.3, -0.25) is 4.79 Å². The van der Waals surface area contributed by atoms with Gasteiger partial charge in [-0.25, -0.2) is 0 Å². The number of benzene rings is 1. The van der Waals surface area contributed by atoms with Crippen LogP contribution in [0.15, 0.2) is 24.3 Å². The second kappa shape index (κ2) is 6.67. The number of hydrogen-bond donors (Lipinski definition) is 2. The topological polar surface area (TPSA) is 50.4 Å². The summed E-state index contributed by atoms with van der Waals surface area (Å²) in [6.45, 7) is 2.72. The van der Waals surface area contributed by atoms with E-state index in [1.54, 1.807) is 7.11 Å². The van der Waals surface area contributed by atoms with Crippen molar-refractivity contribution in [2.24, 2.45) is 5.41 Å². The third-order valence-corrected chi connectivity index (χ3v) is 4.87. The molecule has 21 heavy (non-hydrogen) atoms. The number of hydrogen-bond acceptors (Lipinski definition) is 3. The van der Waals surface area contributed by atoms with Crippen LogP contribution in [-0.4, -0.2) is 32.7 Å². The Balaban J connectivity index is 0.00000161. The van der Waals surface area contributed by atoms with E-state index in [2.05, 4.69) is 22.8 Å². The highest BCUT2D eigenvalue weighted by molar-refractivity contribution is 5.85. The van der Waals surface area contributed by atoms with Gasteiger partial charge < -0.3 is 15.4 Å². The van der Waals surface area contributed by atoms with Crippen LogP contribution in [0.2, 0.25) is 0 Å². The van der Waals surface area contributed by atoms with Crippen molar-refractivity contribution in [1.29, 1.82) is 0 Å². The summed E-state index contributed by atoms with van der Waals surface area (Å²) in [7, 11) is 1.72. The van der Waals surface area contributed by atoms with Gasteiger partial charge in [0.1, 0.15) is 5.75 Å². The van der Waals surface area contributed by atoms with Crippen molar-refractivity contribution >= 4 is 18.3 Å². The minimum Gasteiger partial charge on any atom is -0.496 e. The first-order valence-electron chi connectivity index (χ1n) is 7.35. The SMILES string of the molecule is COc1ccccc1C1CNC(=O)CC12CCNCC2.Cl. The Bertz CT molecular complexity index is 501. The highest BCUT2D eigenvalue weighted by Crippen LogP contribution is 2.49. The van der Waals surface area contributed by atoms with Crippen LogP contribution < -0.4 is 15.4 Å². The van der Waals surface area contributed by atoms with Crippen molar-refractivity contribution in [3.63, 3.8) is 0 Å². The maximum atomic E-state index is 11.9. The predicted octanol–water partition coefficient (Wildman–Crippen LogP) is 2.09. The summed E-state index contributed by atoms with van der Waals surface area (Å²) in [5, 5.41) is 6.45. The summed E-state index contributed by atoms with van der Waals surface area (Å²) in [6, 6.07) is 8.22. The number of piperidine rings is 2.